The van der Waals surface area contributed by atoms with Gasteiger partial charge in [-0.15, -0.1) is 13.2 Å². The van der Waals surface area contributed by atoms with Crippen molar-refractivity contribution in [2.75, 3.05) is 19.6 Å². The summed E-state index contributed by atoms with van der Waals surface area (Å²) in [6, 6.07) is 9.51. The van der Waals surface area contributed by atoms with Gasteiger partial charge in [0.05, 0.1) is 0 Å². The van der Waals surface area contributed by atoms with Gasteiger partial charge >= 0.3 is 6.09 Å². The first-order valence-electron chi connectivity index (χ1n) is 8.52. The zero-order valence-electron chi connectivity index (χ0n) is 14.8. The summed E-state index contributed by atoms with van der Waals surface area (Å²) in [5, 5.41) is 0. The lowest BCUT2D eigenvalue weighted by atomic mass is 9.97. The van der Waals surface area contributed by atoms with Crippen molar-refractivity contribution in [3.05, 3.63) is 61.2 Å². The number of rotatable bonds is 7. The van der Waals surface area contributed by atoms with E-state index in [9.17, 15) is 9.59 Å². The largest absolute Gasteiger partial charge is 0.445 e. The molecule has 1 aromatic carbocycles. The molecule has 0 aliphatic carbocycles. The fourth-order valence-corrected chi connectivity index (χ4v) is 3.17. The second-order valence-corrected chi connectivity index (χ2v) is 6.36. The molecule has 5 heteroatoms. The Balaban J connectivity index is 2.08. The first kappa shape index (κ1) is 18.8. The topological polar surface area (TPSA) is 49.9 Å². The normalized spacial score (nSPS) is 19.3. The number of ether oxygens (including phenoxy) is 1. The van der Waals surface area contributed by atoms with E-state index in [1.807, 2.05) is 37.3 Å². The summed E-state index contributed by atoms with van der Waals surface area (Å²) in [5.74, 6) is -0.0959. The van der Waals surface area contributed by atoms with Gasteiger partial charge in [0.2, 0.25) is 5.91 Å². The van der Waals surface area contributed by atoms with E-state index < -0.39 is 11.6 Å². The lowest BCUT2D eigenvalue weighted by molar-refractivity contribution is -0.140. The van der Waals surface area contributed by atoms with Crippen molar-refractivity contribution in [2.24, 2.45) is 0 Å². The maximum Gasteiger partial charge on any atom is 0.410 e. The molecule has 0 radical (unpaired) electrons. The predicted octanol–water partition coefficient (Wildman–Crippen LogP) is 3.38. The molecule has 0 N–H and O–H groups in total. The molecule has 0 bridgehead atoms. The van der Waals surface area contributed by atoms with E-state index >= 15 is 0 Å². The van der Waals surface area contributed by atoms with Gasteiger partial charge in [0, 0.05) is 19.6 Å². The number of likely N-dealkylation sites (tertiary alicyclic amines) is 1. The molecule has 0 saturated carbocycles. The van der Waals surface area contributed by atoms with Crippen LogP contribution in [0.1, 0.15) is 25.3 Å². The van der Waals surface area contributed by atoms with Gasteiger partial charge in [-0.2, -0.15) is 0 Å². The van der Waals surface area contributed by atoms with Gasteiger partial charge in [-0.05, 0) is 25.3 Å². The Morgan fingerprint density at radius 3 is 2.48 bits per heavy atom. The molecule has 1 saturated heterocycles. The van der Waals surface area contributed by atoms with Gasteiger partial charge in [-0.1, -0.05) is 42.5 Å². The zero-order valence-corrected chi connectivity index (χ0v) is 14.8. The van der Waals surface area contributed by atoms with Crippen LogP contribution in [0.25, 0.3) is 0 Å². The SMILES string of the molecule is C=CCN(CC=C)C(=O)C1(C)CCCN1C(=O)OCc1ccccc1. The molecule has 1 aromatic rings. The van der Waals surface area contributed by atoms with Crippen molar-refractivity contribution >= 4 is 12.0 Å². The minimum atomic E-state index is -0.889. The summed E-state index contributed by atoms with van der Waals surface area (Å²) in [7, 11) is 0. The third kappa shape index (κ3) is 4.29. The van der Waals surface area contributed by atoms with E-state index in [1.54, 1.807) is 22.0 Å². The molecule has 2 rings (SSSR count). The molecule has 134 valence electrons. The number of hydrogen-bond acceptors (Lipinski definition) is 3. The van der Waals surface area contributed by atoms with Crippen LogP contribution in [0.15, 0.2) is 55.6 Å². The summed E-state index contributed by atoms with van der Waals surface area (Å²) in [6.45, 7) is 10.8. The van der Waals surface area contributed by atoms with Crippen molar-refractivity contribution < 1.29 is 14.3 Å². The van der Waals surface area contributed by atoms with Gasteiger partial charge < -0.3 is 9.64 Å². The highest BCUT2D eigenvalue weighted by atomic mass is 16.6. The highest BCUT2D eigenvalue weighted by molar-refractivity contribution is 5.90. The van der Waals surface area contributed by atoms with Crippen molar-refractivity contribution in [1.29, 1.82) is 0 Å². The highest BCUT2D eigenvalue weighted by Gasteiger charge is 2.48. The van der Waals surface area contributed by atoms with Crippen LogP contribution in [-0.4, -0.2) is 47.0 Å². The van der Waals surface area contributed by atoms with Crippen LogP contribution >= 0.6 is 0 Å². The molecule has 2 amide bonds. The lowest BCUT2D eigenvalue weighted by Gasteiger charge is -2.37. The van der Waals surface area contributed by atoms with Crippen LogP contribution in [0.4, 0.5) is 4.79 Å². The smallest absolute Gasteiger partial charge is 0.410 e. The van der Waals surface area contributed by atoms with Crippen molar-refractivity contribution in [3.8, 4) is 0 Å². The van der Waals surface area contributed by atoms with Gasteiger partial charge in [0.1, 0.15) is 12.1 Å². The molecule has 1 unspecified atom stereocenters. The number of nitrogens with zero attached hydrogens (tertiary/aromatic N) is 2. The average molecular weight is 342 g/mol. The fraction of sp³-hybridized carbons (Fsp3) is 0.400. The quantitative estimate of drug-likeness (QED) is 0.714. The van der Waals surface area contributed by atoms with E-state index in [2.05, 4.69) is 13.2 Å². The number of carbonyl (C=O) groups excluding carboxylic acids is 2. The standard InChI is InChI=1S/C20H26N2O3/c1-4-13-21(14-5-2)18(23)20(3)12-9-15-22(20)19(24)25-16-17-10-7-6-8-11-17/h4-8,10-11H,1-2,9,12-16H2,3H3. The average Bonchev–Trinajstić information content (AvgIpc) is 3.03. The summed E-state index contributed by atoms with van der Waals surface area (Å²) in [5.41, 5.74) is 0.0304. The Morgan fingerprint density at radius 1 is 1.24 bits per heavy atom. The first-order chi connectivity index (χ1) is 12.0. The third-order valence-electron chi connectivity index (χ3n) is 4.51. The van der Waals surface area contributed by atoms with Crippen LogP contribution in [0, 0.1) is 0 Å². The van der Waals surface area contributed by atoms with Crippen LogP contribution in [0.3, 0.4) is 0 Å². The van der Waals surface area contributed by atoms with Gasteiger partial charge in [-0.25, -0.2) is 4.79 Å². The molecular formula is C20H26N2O3. The van der Waals surface area contributed by atoms with E-state index in [4.69, 9.17) is 4.74 Å². The Labute approximate surface area is 149 Å². The van der Waals surface area contributed by atoms with Crippen molar-refractivity contribution in [1.82, 2.24) is 9.80 Å². The maximum absolute atomic E-state index is 13.0. The van der Waals surface area contributed by atoms with Crippen LogP contribution < -0.4 is 0 Å². The second-order valence-electron chi connectivity index (χ2n) is 6.36. The molecule has 1 aliphatic rings. The van der Waals surface area contributed by atoms with Crippen molar-refractivity contribution in [3.63, 3.8) is 0 Å². The Hall–Kier alpha value is -2.56. The molecule has 1 heterocycles. The number of hydrogen-bond donors (Lipinski definition) is 0. The Morgan fingerprint density at radius 2 is 1.88 bits per heavy atom. The van der Waals surface area contributed by atoms with Crippen LogP contribution in [-0.2, 0) is 16.1 Å². The fourth-order valence-electron chi connectivity index (χ4n) is 3.17. The van der Waals surface area contributed by atoms with E-state index in [0.717, 1.165) is 12.0 Å². The molecule has 1 aliphatic heterocycles. The minimum Gasteiger partial charge on any atom is -0.445 e. The summed E-state index contributed by atoms with van der Waals surface area (Å²) in [4.78, 5) is 28.8. The molecule has 5 nitrogen and oxygen atoms in total. The second kappa shape index (κ2) is 8.51. The first-order valence-corrected chi connectivity index (χ1v) is 8.52. The van der Waals surface area contributed by atoms with Crippen molar-refractivity contribution in [2.45, 2.75) is 31.9 Å². The monoisotopic (exact) mass is 342 g/mol. The lowest BCUT2D eigenvalue weighted by Crippen LogP contribution is -2.56. The summed E-state index contributed by atoms with van der Waals surface area (Å²) in [6.07, 6.45) is 4.31. The number of benzene rings is 1. The van der Waals surface area contributed by atoms with Gasteiger partial charge in [0.15, 0.2) is 0 Å². The number of amides is 2. The van der Waals surface area contributed by atoms with E-state index in [-0.39, 0.29) is 12.5 Å². The zero-order chi connectivity index (χ0) is 18.3. The number of carbonyl (C=O) groups is 2. The van der Waals surface area contributed by atoms with Crippen LogP contribution in [0.5, 0.6) is 0 Å². The molecular weight excluding hydrogens is 316 g/mol. The third-order valence-corrected chi connectivity index (χ3v) is 4.51. The van der Waals surface area contributed by atoms with Gasteiger partial charge in [0.25, 0.3) is 0 Å². The Kier molecular flexibility index (Phi) is 6.39. The molecule has 25 heavy (non-hydrogen) atoms. The molecule has 0 aromatic heterocycles. The highest BCUT2D eigenvalue weighted by Crippen LogP contribution is 2.32. The summed E-state index contributed by atoms with van der Waals surface area (Å²) >= 11 is 0. The minimum absolute atomic E-state index is 0.0959. The van der Waals surface area contributed by atoms with E-state index in [1.165, 1.54) is 0 Å². The Bertz CT molecular complexity index is 619. The van der Waals surface area contributed by atoms with E-state index in [0.29, 0.717) is 26.1 Å². The molecule has 0 spiro atoms. The van der Waals surface area contributed by atoms with Gasteiger partial charge in [-0.3, -0.25) is 9.69 Å². The summed E-state index contributed by atoms with van der Waals surface area (Å²) < 4.78 is 5.43. The molecule has 1 fully saturated rings. The maximum atomic E-state index is 13.0. The van der Waals surface area contributed by atoms with Crippen LogP contribution in [0.2, 0.25) is 0 Å². The predicted molar refractivity (Wildman–Crippen MR) is 97.9 cm³/mol. The molecule has 1 atom stereocenters.